The van der Waals surface area contributed by atoms with Crippen LogP contribution in [-0.2, 0) is 19.1 Å². The molecule has 1 fully saturated rings. The summed E-state index contributed by atoms with van der Waals surface area (Å²) in [5.41, 5.74) is 1.30. The van der Waals surface area contributed by atoms with E-state index in [4.69, 9.17) is 4.74 Å². The molecule has 4 aliphatic rings. The number of rotatable bonds is 3. The van der Waals surface area contributed by atoms with Crippen molar-refractivity contribution >= 4 is 17.7 Å². The van der Waals surface area contributed by atoms with Crippen LogP contribution in [-0.4, -0.2) is 36.2 Å². The average Bonchev–Trinajstić information content (AvgIpc) is 3.21. The van der Waals surface area contributed by atoms with Crippen molar-refractivity contribution in [3.8, 4) is 0 Å². The predicted molar refractivity (Wildman–Crippen MR) is 95.7 cm³/mol. The molecular formula is C21H25NO4. The fourth-order valence-corrected chi connectivity index (χ4v) is 5.17. The topological polar surface area (TPSA) is 63.7 Å². The third-order valence-corrected chi connectivity index (χ3v) is 6.51. The highest BCUT2D eigenvalue weighted by atomic mass is 16.5. The van der Waals surface area contributed by atoms with E-state index in [-0.39, 0.29) is 29.1 Å². The summed E-state index contributed by atoms with van der Waals surface area (Å²) in [7, 11) is 1.34. The number of hydrogen-bond acceptors (Lipinski definition) is 4. The van der Waals surface area contributed by atoms with Gasteiger partial charge in [-0.15, -0.1) is 0 Å². The first-order chi connectivity index (χ1) is 12.5. The normalized spacial score (nSPS) is 33.1. The second-order valence-corrected chi connectivity index (χ2v) is 7.87. The van der Waals surface area contributed by atoms with Crippen LogP contribution in [0.1, 0.15) is 39.0 Å². The number of hydrogen-bond donors (Lipinski definition) is 0. The summed E-state index contributed by atoms with van der Waals surface area (Å²) < 4.78 is 4.82. The monoisotopic (exact) mass is 355 g/mol. The summed E-state index contributed by atoms with van der Waals surface area (Å²) in [5, 5.41) is 0. The Morgan fingerprint density at radius 2 is 1.96 bits per heavy atom. The number of allylic oxidation sites excluding steroid dienone is 3. The van der Waals surface area contributed by atoms with Crippen LogP contribution in [0.2, 0.25) is 0 Å². The third kappa shape index (κ3) is 2.56. The number of esters is 1. The summed E-state index contributed by atoms with van der Waals surface area (Å²) >= 11 is 0. The Balaban J connectivity index is 1.67. The van der Waals surface area contributed by atoms with Crippen molar-refractivity contribution in [2.45, 2.75) is 39.0 Å². The maximum Gasteiger partial charge on any atom is 0.335 e. The first kappa shape index (κ1) is 17.3. The van der Waals surface area contributed by atoms with Crippen LogP contribution < -0.4 is 0 Å². The van der Waals surface area contributed by atoms with Gasteiger partial charge in [0, 0.05) is 12.5 Å². The van der Waals surface area contributed by atoms with Gasteiger partial charge >= 0.3 is 5.97 Å². The Bertz CT molecular complexity index is 760. The second kappa shape index (κ2) is 6.53. The van der Waals surface area contributed by atoms with Crippen molar-refractivity contribution in [2.75, 3.05) is 13.7 Å². The lowest BCUT2D eigenvalue weighted by Gasteiger charge is -2.40. The summed E-state index contributed by atoms with van der Waals surface area (Å²) in [5.74, 6) is 0.0716. The van der Waals surface area contributed by atoms with Crippen LogP contribution in [0.4, 0.5) is 0 Å². The van der Waals surface area contributed by atoms with Crippen molar-refractivity contribution < 1.29 is 19.1 Å². The Morgan fingerprint density at radius 1 is 1.19 bits per heavy atom. The Kier molecular flexibility index (Phi) is 4.33. The summed E-state index contributed by atoms with van der Waals surface area (Å²) in [4.78, 5) is 39.7. The van der Waals surface area contributed by atoms with Crippen molar-refractivity contribution in [3.05, 3.63) is 35.1 Å². The fraction of sp³-hybridized carbons (Fsp3) is 0.571. The van der Waals surface area contributed by atoms with Gasteiger partial charge in [0.25, 0.3) is 5.91 Å². The zero-order valence-electron chi connectivity index (χ0n) is 15.4. The molecular weight excluding hydrogens is 330 g/mol. The quantitative estimate of drug-likeness (QED) is 0.444. The molecule has 5 nitrogen and oxygen atoms in total. The zero-order chi connectivity index (χ0) is 18.4. The highest BCUT2D eigenvalue weighted by molar-refractivity contribution is 6.23. The maximum absolute atomic E-state index is 13.4. The van der Waals surface area contributed by atoms with Gasteiger partial charge in [-0.2, -0.15) is 0 Å². The van der Waals surface area contributed by atoms with Crippen molar-refractivity contribution in [1.29, 1.82) is 0 Å². The molecule has 5 heteroatoms. The molecule has 2 aliphatic heterocycles. The van der Waals surface area contributed by atoms with Crippen LogP contribution in [0.25, 0.3) is 0 Å². The molecule has 0 saturated heterocycles. The van der Waals surface area contributed by atoms with Crippen LogP contribution in [0.5, 0.6) is 0 Å². The number of amides is 1. The molecule has 4 unspecified atom stereocenters. The van der Waals surface area contributed by atoms with Gasteiger partial charge in [-0.1, -0.05) is 31.9 Å². The molecule has 2 aliphatic carbocycles. The van der Waals surface area contributed by atoms with E-state index in [0.29, 0.717) is 36.1 Å². The molecule has 0 bridgehead atoms. The van der Waals surface area contributed by atoms with Crippen molar-refractivity contribution in [1.82, 2.24) is 4.90 Å². The number of fused-ring (bicyclic) bond motifs is 2. The maximum atomic E-state index is 13.4. The lowest BCUT2D eigenvalue weighted by Crippen LogP contribution is -2.40. The Morgan fingerprint density at radius 3 is 2.73 bits per heavy atom. The van der Waals surface area contributed by atoms with Gasteiger partial charge in [0.05, 0.1) is 24.0 Å². The highest BCUT2D eigenvalue weighted by Crippen LogP contribution is 2.45. The SMILES string of the molecule is COC(=O)C1=C2C=C(C(=O)C3C(C)C=CC4CCCCC43)C(=O)N2CC1. The van der Waals surface area contributed by atoms with E-state index in [1.54, 1.807) is 11.0 Å². The molecule has 4 atom stereocenters. The summed E-state index contributed by atoms with van der Waals surface area (Å²) in [6, 6.07) is 0. The molecule has 0 spiro atoms. The van der Waals surface area contributed by atoms with Crippen molar-refractivity contribution in [2.24, 2.45) is 23.7 Å². The molecule has 0 N–H and O–H groups in total. The van der Waals surface area contributed by atoms with Crippen LogP contribution >= 0.6 is 0 Å². The third-order valence-electron chi connectivity index (χ3n) is 6.51. The molecule has 0 aromatic carbocycles. The Labute approximate surface area is 153 Å². The highest BCUT2D eigenvalue weighted by Gasteiger charge is 2.45. The van der Waals surface area contributed by atoms with Crippen LogP contribution in [0.3, 0.4) is 0 Å². The van der Waals surface area contributed by atoms with E-state index < -0.39 is 5.97 Å². The molecule has 138 valence electrons. The minimum absolute atomic E-state index is 0.0464. The average molecular weight is 355 g/mol. The predicted octanol–water partition coefficient (Wildman–Crippen LogP) is 2.78. The summed E-state index contributed by atoms with van der Waals surface area (Å²) in [6.07, 6.45) is 11.1. The number of ether oxygens (including phenoxy) is 1. The first-order valence-corrected chi connectivity index (χ1v) is 9.60. The van der Waals surface area contributed by atoms with Gasteiger partial charge in [-0.25, -0.2) is 4.79 Å². The largest absolute Gasteiger partial charge is 0.466 e. The van der Waals surface area contributed by atoms with E-state index in [0.717, 1.165) is 19.3 Å². The minimum atomic E-state index is -0.415. The van der Waals surface area contributed by atoms with Gasteiger partial charge in [0.1, 0.15) is 0 Å². The Hall–Kier alpha value is -2.17. The number of carbonyl (C=O) groups is 3. The molecule has 1 saturated carbocycles. The molecule has 0 aromatic rings. The van der Waals surface area contributed by atoms with E-state index in [1.807, 2.05) is 0 Å². The number of nitrogens with zero attached hydrogens (tertiary/aromatic N) is 1. The van der Waals surface area contributed by atoms with Gasteiger partial charge in [-0.05, 0) is 43.1 Å². The molecule has 26 heavy (non-hydrogen) atoms. The molecule has 0 radical (unpaired) electrons. The van der Waals surface area contributed by atoms with Gasteiger partial charge < -0.3 is 9.64 Å². The molecule has 4 rings (SSSR count). The number of methoxy groups -OCH3 is 1. The number of Topliss-reactive ketones (excluding diaryl/α,β-unsaturated/α-hetero) is 1. The van der Waals surface area contributed by atoms with E-state index in [2.05, 4.69) is 19.1 Å². The minimum Gasteiger partial charge on any atom is -0.466 e. The van der Waals surface area contributed by atoms with Gasteiger partial charge in [-0.3, -0.25) is 9.59 Å². The van der Waals surface area contributed by atoms with E-state index in [1.165, 1.54) is 13.5 Å². The van der Waals surface area contributed by atoms with E-state index >= 15 is 0 Å². The molecule has 1 amide bonds. The van der Waals surface area contributed by atoms with Crippen LogP contribution in [0.15, 0.2) is 35.1 Å². The fourth-order valence-electron chi connectivity index (χ4n) is 5.17. The standard InChI is InChI=1S/C21H25NO4/c1-12-7-8-13-5-3-4-6-14(13)18(12)19(23)16-11-17-15(21(25)26-2)9-10-22(17)20(16)24/h7-8,11-14,18H,3-6,9-10H2,1-2H3. The summed E-state index contributed by atoms with van der Waals surface area (Å²) in [6.45, 7) is 2.52. The first-order valence-electron chi connectivity index (χ1n) is 9.60. The second-order valence-electron chi connectivity index (χ2n) is 7.87. The lowest BCUT2D eigenvalue weighted by atomic mass is 9.63. The van der Waals surface area contributed by atoms with Crippen LogP contribution in [0, 0.1) is 23.7 Å². The molecule has 2 heterocycles. The van der Waals surface area contributed by atoms with Crippen molar-refractivity contribution in [3.63, 3.8) is 0 Å². The van der Waals surface area contributed by atoms with E-state index in [9.17, 15) is 14.4 Å². The zero-order valence-corrected chi connectivity index (χ0v) is 15.4. The number of ketones is 1. The smallest absolute Gasteiger partial charge is 0.335 e. The molecule has 0 aromatic heterocycles. The van der Waals surface area contributed by atoms with Gasteiger partial charge in [0.15, 0.2) is 5.78 Å². The van der Waals surface area contributed by atoms with Gasteiger partial charge in [0.2, 0.25) is 0 Å². The lowest BCUT2D eigenvalue weighted by molar-refractivity contribution is -0.136. The number of carbonyl (C=O) groups excluding carboxylic acids is 3.